The van der Waals surface area contributed by atoms with Gasteiger partial charge in [0, 0.05) is 24.0 Å². The second-order valence-electron chi connectivity index (χ2n) is 5.61. The summed E-state index contributed by atoms with van der Waals surface area (Å²) in [7, 11) is 0. The zero-order valence-corrected chi connectivity index (χ0v) is 13.0. The summed E-state index contributed by atoms with van der Waals surface area (Å²) < 4.78 is 0. The van der Waals surface area contributed by atoms with Gasteiger partial charge in [0.25, 0.3) is 5.91 Å². The first-order valence-corrected chi connectivity index (χ1v) is 7.85. The van der Waals surface area contributed by atoms with Crippen LogP contribution >= 0.6 is 0 Å². The van der Waals surface area contributed by atoms with Gasteiger partial charge in [-0.25, -0.2) is 9.97 Å². The molecule has 2 heterocycles. The third-order valence-electron chi connectivity index (χ3n) is 4.08. The van der Waals surface area contributed by atoms with Crippen LogP contribution in [0.3, 0.4) is 0 Å². The number of fused-ring (bicyclic) bond motifs is 1. The molecule has 0 bridgehead atoms. The van der Waals surface area contributed by atoms with Crippen LogP contribution in [0.4, 0.5) is 17.2 Å². The van der Waals surface area contributed by atoms with Gasteiger partial charge in [0.2, 0.25) is 0 Å². The van der Waals surface area contributed by atoms with E-state index in [9.17, 15) is 4.79 Å². The van der Waals surface area contributed by atoms with Crippen LogP contribution in [-0.4, -0.2) is 22.4 Å². The number of hydrogen-bond acceptors (Lipinski definition) is 4. The number of aromatic nitrogens is 2. The molecule has 0 aliphatic carbocycles. The zero-order chi connectivity index (χ0) is 16.4. The summed E-state index contributed by atoms with van der Waals surface area (Å²) in [6.45, 7) is 0.857. The molecule has 1 aromatic heterocycles. The number of hydrogen-bond donors (Lipinski definition) is 1. The Hall–Kier alpha value is -3.21. The molecule has 3 aromatic rings. The lowest BCUT2D eigenvalue weighted by Gasteiger charge is -2.18. The van der Waals surface area contributed by atoms with Gasteiger partial charge >= 0.3 is 0 Å². The lowest BCUT2D eigenvalue weighted by atomic mass is 10.2. The zero-order valence-electron chi connectivity index (χ0n) is 13.0. The summed E-state index contributed by atoms with van der Waals surface area (Å²) in [5.41, 5.74) is 3.54. The first-order valence-electron chi connectivity index (χ1n) is 7.85. The normalized spacial score (nSPS) is 12.8. The molecule has 5 nitrogen and oxygen atoms in total. The molecular weight excluding hydrogens is 300 g/mol. The third kappa shape index (κ3) is 2.72. The van der Waals surface area contributed by atoms with Gasteiger partial charge in [-0.15, -0.1) is 0 Å². The molecule has 24 heavy (non-hydrogen) atoms. The van der Waals surface area contributed by atoms with Gasteiger partial charge in [0.15, 0.2) is 0 Å². The van der Waals surface area contributed by atoms with Crippen LogP contribution in [0.1, 0.15) is 16.1 Å². The van der Waals surface area contributed by atoms with E-state index in [4.69, 9.17) is 0 Å². The van der Waals surface area contributed by atoms with Crippen molar-refractivity contribution in [1.29, 1.82) is 0 Å². The first kappa shape index (κ1) is 14.4. The maximum atomic E-state index is 12.4. The fourth-order valence-corrected chi connectivity index (χ4v) is 2.91. The van der Waals surface area contributed by atoms with Gasteiger partial charge in [-0.05, 0) is 30.2 Å². The summed E-state index contributed by atoms with van der Waals surface area (Å²) in [4.78, 5) is 23.0. The van der Waals surface area contributed by atoms with E-state index in [1.165, 1.54) is 11.9 Å². The van der Waals surface area contributed by atoms with Crippen molar-refractivity contribution in [3.63, 3.8) is 0 Å². The monoisotopic (exact) mass is 316 g/mol. The summed E-state index contributed by atoms with van der Waals surface area (Å²) >= 11 is 0. The molecule has 1 aliphatic heterocycles. The van der Waals surface area contributed by atoms with Crippen LogP contribution in [0.5, 0.6) is 0 Å². The van der Waals surface area contributed by atoms with E-state index < -0.39 is 0 Å². The van der Waals surface area contributed by atoms with Crippen molar-refractivity contribution in [3.8, 4) is 0 Å². The number of amides is 1. The molecular formula is C19H16N4O. The van der Waals surface area contributed by atoms with E-state index in [0.29, 0.717) is 5.69 Å². The largest absolute Gasteiger partial charge is 0.326 e. The third-order valence-corrected chi connectivity index (χ3v) is 4.08. The van der Waals surface area contributed by atoms with Crippen molar-refractivity contribution in [3.05, 3.63) is 78.2 Å². The van der Waals surface area contributed by atoms with E-state index in [2.05, 4.69) is 32.3 Å². The van der Waals surface area contributed by atoms with Crippen molar-refractivity contribution in [2.75, 3.05) is 16.8 Å². The van der Waals surface area contributed by atoms with Crippen LogP contribution in [0.2, 0.25) is 0 Å². The lowest BCUT2D eigenvalue weighted by Crippen LogP contribution is -2.18. The molecule has 0 spiro atoms. The van der Waals surface area contributed by atoms with Crippen LogP contribution < -0.4 is 10.2 Å². The molecule has 1 N–H and O–H groups in total. The lowest BCUT2D eigenvalue weighted by molar-refractivity contribution is 0.102. The second-order valence-corrected chi connectivity index (χ2v) is 5.61. The fourth-order valence-electron chi connectivity index (χ4n) is 2.91. The standard InChI is InChI=1S/C19H16N4O/c24-19(22-15-7-2-1-3-8-15)16-12-18(21-13-20-16)23-11-10-14-6-4-5-9-17(14)23/h1-9,12-13H,10-11H2,(H,22,24). The minimum atomic E-state index is -0.239. The predicted molar refractivity (Wildman–Crippen MR) is 93.6 cm³/mol. The molecule has 4 rings (SSSR count). The van der Waals surface area contributed by atoms with Crippen LogP contribution in [0.25, 0.3) is 0 Å². The molecule has 0 fully saturated rings. The van der Waals surface area contributed by atoms with E-state index in [-0.39, 0.29) is 5.91 Å². The molecule has 0 radical (unpaired) electrons. The van der Waals surface area contributed by atoms with Gasteiger partial charge in [0.1, 0.15) is 17.8 Å². The average molecular weight is 316 g/mol. The fraction of sp³-hybridized carbons (Fsp3) is 0.105. The Labute approximate surface area is 140 Å². The number of nitrogens with zero attached hydrogens (tertiary/aromatic N) is 3. The van der Waals surface area contributed by atoms with Gasteiger partial charge in [-0.3, -0.25) is 4.79 Å². The van der Waals surface area contributed by atoms with Crippen molar-refractivity contribution in [2.45, 2.75) is 6.42 Å². The topological polar surface area (TPSA) is 58.1 Å². The first-order chi connectivity index (χ1) is 11.8. The number of nitrogens with one attached hydrogen (secondary N) is 1. The Bertz CT molecular complexity index is 879. The van der Waals surface area contributed by atoms with E-state index >= 15 is 0 Å². The van der Waals surface area contributed by atoms with Crippen LogP contribution in [0, 0.1) is 0 Å². The summed E-state index contributed by atoms with van der Waals surface area (Å²) in [5.74, 6) is 0.505. The Morgan fingerprint density at radius 3 is 2.67 bits per heavy atom. The average Bonchev–Trinajstić information content (AvgIpc) is 3.07. The Morgan fingerprint density at radius 1 is 1.00 bits per heavy atom. The van der Waals surface area contributed by atoms with E-state index in [1.54, 1.807) is 6.07 Å². The molecule has 1 amide bonds. The highest BCUT2D eigenvalue weighted by atomic mass is 16.1. The van der Waals surface area contributed by atoms with Gasteiger partial charge in [0.05, 0.1) is 0 Å². The molecule has 0 saturated carbocycles. The molecule has 0 unspecified atom stereocenters. The number of carbonyl (C=O) groups is 1. The molecule has 0 saturated heterocycles. The van der Waals surface area contributed by atoms with E-state index in [0.717, 1.165) is 30.2 Å². The predicted octanol–water partition coefficient (Wildman–Crippen LogP) is 3.42. The molecule has 0 atom stereocenters. The van der Waals surface area contributed by atoms with Crippen molar-refractivity contribution in [1.82, 2.24) is 9.97 Å². The highest BCUT2D eigenvalue weighted by molar-refractivity contribution is 6.03. The maximum Gasteiger partial charge on any atom is 0.274 e. The quantitative estimate of drug-likeness (QED) is 0.804. The van der Waals surface area contributed by atoms with Gasteiger partial charge < -0.3 is 10.2 Å². The molecule has 118 valence electrons. The van der Waals surface area contributed by atoms with Gasteiger partial charge in [-0.1, -0.05) is 36.4 Å². The molecule has 1 aliphatic rings. The highest BCUT2D eigenvalue weighted by Crippen LogP contribution is 2.33. The van der Waals surface area contributed by atoms with Crippen molar-refractivity contribution >= 4 is 23.1 Å². The summed E-state index contributed by atoms with van der Waals surface area (Å²) in [5, 5.41) is 2.85. The van der Waals surface area contributed by atoms with Crippen molar-refractivity contribution < 1.29 is 4.79 Å². The Morgan fingerprint density at radius 2 is 1.79 bits per heavy atom. The molecule has 2 aromatic carbocycles. The van der Waals surface area contributed by atoms with Crippen LogP contribution in [0.15, 0.2) is 67.0 Å². The summed E-state index contributed by atoms with van der Waals surface area (Å²) in [6, 6.07) is 19.3. The summed E-state index contributed by atoms with van der Waals surface area (Å²) in [6.07, 6.45) is 2.42. The smallest absolute Gasteiger partial charge is 0.274 e. The van der Waals surface area contributed by atoms with Gasteiger partial charge in [-0.2, -0.15) is 0 Å². The SMILES string of the molecule is O=C(Nc1ccccc1)c1cc(N2CCc3ccccc32)ncn1. The highest BCUT2D eigenvalue weighted by Gasteiger charge is 2.21. The number of carbonyl (C=O) groups excluding carboxylic acids is 1. The maximum absolute atomic E-state index is 12.4. The van der Waals surface area contributed by atoms with E-state index in [1.807, 2.05) is 42.5 Å². The molecule has 5 heteroatoms. The number of benzene rings is 2. The number of anilines is 3. The minimum absolute atomic E-state index is 0.239. The minimum Gasteiger partial charge on any atom is -0.326 e. The Kier molecular flexibility index (Phi) is 3.67. The second kappa shape index (κ2) is 6.12. The number of rotatable bonds is 3. The van der Waals surface area contributed by atoms with Crippen LogP contribution in [-0.2, 0) is 6.42 Å². The van der Waals surface area contributed by atoms with Crippen molar-refractivity contribution in [2.24, 2.45) is 0 Å². The number of para-hydroxylation sites is 2. The Balaban J connectivity index is 1.59.